The van der Waals surface area contributed by atoms with Crippen LogP contribution in [0.15, 0.2) is 61.2 Å². The smallest absolute Gasteiger partial charge is 0.137 e. The maximum atomic E-state index is 4.37. The van der Waals surface area contributed by atoms with Gasteiger partial charge in [0.1, 0.15) is 11.6 Å². The molecule has 0 aliphatic carbocycles. The molecule has 4 nitrogen and oxygen atoms in total. The van der Waals surface area contributed by atoms with Crippen LogP contribution in [0.5, 0.6) is 0 Å². The average Bonchev–Trinajstić information content (AvgIpc) is 3.19. The standard InChI is InChI=1S/C16H12N4/c1-3-11-4-2-6-13(16-19-9-10-20-16)14(11)12(5-1)15-17-7-8-18-15/h1-10H,(H,17,18)(H,19,20). The van der Waals surface area contributed by atoms with Crippen molar-refractivity contribution in [1.82, 2.24) is 19.9 Å². The fraction of sp³-hybridized carbons (Fsp3) is 0. The molecule has 4 aromatic rings. The predicted octanol–water partition coefficient (Wildman–Crippen LogP) is 3.62. The first-order chi connectivity index (χ1) is 9.93. The number of imidazole rings is 2. The second kappa shape index (κ2) is 4.35. The number of H-pyrrole nitrogens is 2. The molecule has 0 saturated heterocycles. The van der Waals surface area contributed by atoms with E-state index in [1.807, 2.05) is 24.5 Å². The molecule has 2 heterocycles. The zero-order valence-electron chi connectivity index (χ0n) is 10.7. The molecule has 0 atom stereocenters. The van der Waals surface area contributed by atoms with E-state index in [1.165, 1.54) is 5.39 Å². The van der Waals surface area contributed by atoms with Crippen molar-refractivity contribution in [2.75, 3.05) is 0 Å². The van der Waals surface area contributed by atoms with Crippen LogP contribution in [0.3, 0.4) is 0 Å². The Morgan fingerprint density at radius 1 is 0.700 bits per heavy atom. The molecular weight excluding hydrogens is 248 g/mol. The first kappa shape index (κ1) is 11.0. The van der Waals surface area contributed by atoms with E-state index in [9.17, 15) is 0 Å². The molecule has 20 heavy (non-hydrogen) atoms. The molecule has 0 bridgehead atoms. The van der Waals surface area contributed by atoms with Crippen molar-refractivity contribution in [1.29, 1.82) is 0 Å². The van der Waals surface area contributed by atoms with Crippen molar-refractivity contribution in [2.45, 2.75) is 0 Å². The Bertz CT molecular complexity index is 776. The molecule has 0 unspecified atom stereocenters. The molecular formula is C16H12N4. The second-order valence-electron chi connectivity index (χ2n) is 4.58. The summed E-state index contributed by atoms with van der Waals surface area (Å²) >= 11 is 0. The maximum absolute atomic E-state index is 4.37. The predicted molar refractivity (Wildman–Crippen MR) is 79.1 cm³/mol. The summed E-state index contributed by atoms with van der Waals surface area (Å²) in [4.78, 5) is 15.1. The van der Waals surface area contributed by atoms with Gasteiger partial charge in [0.2, 0.25) is 0 Å². The maximum Gasteiger partial charge on any atom is 0.137 e. The Morgan fingerprint density at radius 2 is 1.25 bits per heavy atom. The van der Waals surface area contributed by atoms with Gasteiger partial charge >= 0.3 is 0 Å². The summed E-state index contributed by atoms with van der Waals surface area (Å²) < 4.78 is 0. The Labute approximate surface area is 115 Å². The fourth-order valence-corrected chi connectivity index (χ4v) is 2.56. The summed E-state index contributed by atoms with van der Waals surface area (Å²) in [6, 6.07) is 12.5. The molecule has 0 spiro atoms. The lowest BCUT2D eigenvalue weighted by Crippen LogP contribution is -1.88. The van der Waals surface area contributed by atoms with Gasteiger partial charge in [-0.15, -0.1) is 0 Å². The molecule has 96 valence electrons. The van der Waals surface area contributed by atoms with E-state index in [0.717, 1.165) is 28.2 Å². The molecule has 0 aliphatic rings. The summed E-state index contributed by atoms with van der Waals surface area (Å²) in [7, 11) is 0. The first-order valence-corrected chi connectivity index (χ1v) is 6.45. The van der Waals surface area contributed by atoms with Gasteiger partial charge in [-0.25, -0.2) is 9.97 Å². The summed E-state index contributed by atoms with van der Waals surface area (Å²) in [6.07, 6.45) is 7.21. The molecule has 2 aromatic carbocycles. The van der Waals surface area contributed by atoms with Gasteiger partial charge in [-0.2, -0.15) is 0 Å². The largest absolute Gasteiger partial charge is 0.345 e. The van der Waals surface area contributed by atoms with Crippen LogP contribution < -0.4 is 0 Å². The van der Waals surface area contributed by atoms with Gasteiger partial charge in [-0.1, -0.05) is 36.4 Å². The van der Waals surface area contributed by atoms with E-state index < -0.39 is 0 Å². The van der Waals surface area contributed by atoms with Gasteiger partial charge in [0.25, 0.3) is 0 Å². The molecule has 0 aliphatic heterocycles. The Morgan fingerprint density at radius 3 is 1.70 bits per heavy atom. The Hall–Kier alpha value is -2.88. The van der Waals surface area contributed by atoms with E-state index in [2.05, 4.69) is 44.2 Å². The van der Waals surface area contributed by atoms with Crippen molar-refractivity contribution in [2.24, 2.45) is 0 Å². The number of hydrogen-bond acceptors (Lipinski definition) is 2. The van der Waals surface area contributed by atoms with Gasteiger partial charge in [0.15, 0.2) is 0 Å². The van der Waals surface area contributed by atoms with Crippen LogP contribution >= 0.6 is 0 Å². The summed E-state index contributed by atoms with van der Waals surface area (Å²) in [5.74, 6) is 1.74. The first-order valence-electron chi connectivity index (χ1n) is 6.45. The number of nitrogens with one attached hydrogen (secondary N) is 2. The van der Waals surface area contributed by atoms with Crippen LogP contribution in [0, 0.1) is 0 Å². The van der Waals surface area contributed by atoms with Gasteiger partial charge in [-0.05, 0) is 5.39 Å². The number of aromatic nitrogens is 4. The lowest BCUT2D eigenvalue weighted by atomic mass is 9.98. The van der Waals surface area contributed by atoms with Crippen molar-refractivity contribution in [3.8, 4) is 22.8 Å². The van der Waals surface area contributed by atoms with Gasteiger partial charge in [0, 0.05) is 41.3 Å². The number of rotatable bonds is 2. The summed E-state index contributed by atoms with van der Waals surface area (Å²) in [6.45, 7) is 0. The third kappa shape index (κ3) is 1.62. The van der Waals surface area contributed by atoms with Crippen LogP contribution in [-0.2, 0) is 0 Å². The molecule has 4 heteroatoms. The van der Waals surface area contributed by atoms with Crippen LogP contribution in [0.4, 0.5) is 0 Å². The lowest BCUT2D eigenvalue weighted by molar-refractivity contribution is 1.30. The number of hydrogen-bond donors (Lipinski definition) is 2. The molecule has 0 fully saturated rings. The Kier molecular flexibility index (Phi) is 2.39. The minimum absolute atomic E-state index is 0.870. The van der Waals surface area contributed by atoms with Crippen molar-refractivity contribution >= 4 is 10.8 Å². The Balaban J connectivity index is 2.11. The summed E-state index contributed by atoms with van der Waals surface area (Å²) in [5.41, 5.74) is 2.17. The highest BCUT2D eigenvalue weighted by atomic mass is 14.9. The third-order valence-electron chi connectivity index (χ3n) is 3.41. The molecule has 0 radical (unpaired) electrons. The van der Waals surface area contributed by atoms with Crippen molar-refractivity contribution in [3.63, 3.8) is 0 Å². The highest BCUT2D eigenvalue weighted by Crippen LogP contribution is 2.33. The fourth-order valence-electron chi connectivity index (χ4n) is 2.56. The molecule has 2 aromatic heterocycles. The van der Waals surface area contributed by atoms with Crippen molar-refractivity contribution < 1.29 is 0 Å². The molecule has 2 N–H and O–H groups in total. The van der Waals surface area contributed by atoms with E-state index in [4.69, 9.17) is 0 Å². The van der Waals surface area contributed by atoms with Gasteiger partial charge in [0.05, 0.1) is 0 Å². The second-order valence-corrected chi connectivity index (χ2v) is 4.58. The normalized spacial score (nSPS) is 11.0. The van der Waals surface area contributed by atoms with E-state index >= 15 is 0 Å². The number of aromatic amines is 2. The zero-order chi connectivity index (χ0) is 13.4. The molecule has 0 saturated carbocycles. The van der Waals surface area contributed by atoms with Crippen molar-refractivity contribution in [3.05, 3.63) is 61.2 Å². The highest BCUT2D eigenvalue weighted by Gasteiger charge is 2.12. The van der Waals surface area contributed by atoms with E-state index in [0.29, 0.717) is 0 Å². The summed E-state index contributed by atoms with van der Waals surface area (Å²) in [5, 5.41) is 2.33. The highest BCUT2D eigenvalue weighted by molar-refractivity contribution is 6.04. The number of fused-ring (bicyclic) bond motifs is 1. The van der Waals surface area contributed by atoms with Crippen LogP contribution in [0.2, 0.25) is 0 Å². The van der Waals surface area contributed by atoms with Crippen LogP contribution in [0.1, 0.15) is 0 Å². The van der Waals surface area contributed by atoms with Gasteiger partial charge in [-0.3, -0.25) is 0 Å². The zero-order valence-corrected chi connectivity index (χ0v) is 10.7. The number of nitrogens with zero attached hydrogens (tertiary/aromatic N) is 2. The van der Waals surface area contributed by atoms with E-state index in [-0.39, 0.29) is 0 Å². The molecule has 4 rings (SSSR count). The SMILES string of the molecule is c1cc(-c2ncc[nH]2)c2c(-c3ncc[nH]3)cccc2c1. The van der Waals surface area contributed by atoms with E-state index in [1.54, 1.807) is 12.4 Å². The quantitative estimate of drug-likeness (QED) is 0.578. The van der Waals surface area contributed by atoms with Gasteiger partial charge < -0.3 is 9.97 Å². The van der Waals surface area contributed by atoms with Crippen LogP contribution in [-0.4, -0.2) is 19.9 Å². The number of benzene rings is 2. The molecule has 0 amide bonds. The third-order valence-corrected chi connectivity index (χ3v) is 3.41. The monoisotopic (exact) mass is 260 g/mol. The minimum Gasteiger partial charge on any atom is -0.345 e. The minimum atomic E-state index is 0.870. The topological polar surface area (TPSA) is 57.4 Å². The lowest BCUT2D eigenvalue weighted by Gasteiger charge is -2.08. The average molecular weight is 260 g/mol. The van der Waals surface area contributed by atoms with Crippen LogP contribution in [0.25, 0.3) is 33.5 Å².